The molecule has 1 unspecified atom stereocenters. The van der Waals surface area contributed by atoms with Crippen LogP contribution in [0.4, 0.5) is 5.69 Å². The van der Waals surface area contributed by atoms with Crippen LogP contribution in [0.25, 0.3) is 0 Å². The summed E-state index contributed by atoms with van der Waals surface area (Å²) in [5.74, 6) is 0.721. The number of nitro groups is 1. The Balaban J connectivity index is 1.57. The van der Waals surface area contributed by atoms with Crippen LogP contribution >= 0.6 is 0 Å². The molecular weight excluding hydrogens is 354 g/mol. The summed E-state index contributed by atoms with van der Waals surface area (Å²) in [6, 6.07) is 17.4. The lowest BCUT2D eigenvalue weighted by Gasteiger charge is -2.29. The summed E-state index contributed by atoms with van der Waals surface area (Å²) in [6.07, 6.45) is 2.49. The number of likely N-dealkylation sites (tertiary alicyclic amines) is 1. The zero-order valence-corrected chi connectivity index (χ0v) is 16.2. The highest BCUT2D eigenvalue weighted by atomic mass is 16.6. The third kappa shape index (κ3) is 5.29. The van der Waals surface area contributed by atoms with E-state index in [0.717, 1.165) is 31.2 Å². The average Bonchev–Trinajstić information content (AvgIpc) is 3.26. The topological polar surface area (TPSA) is 82.8 Å². The van der Waals surface area contributed by atoms with Gasteiger partial charge in [-0.1, -0.05) is 42.5 Å². The minimum Gasteiger partial charge on any atom is -0.354 e. The van der Waals surface area contributed by atoms with Gasteiger partial charge in [0.15, 0.2) is 5.96 Å². The van der Waals surface area contributed by atoms with Gasteiger partial charge in [-0.3, -0.25) is 20.0 Å². The molecule has 0 aliphatic carbocycles. The first kappa shape index (κ1) is 19.8. The van der Waals surface area contributed by atoms with Crippen LogP contribution < -0.4 is 10.6 Å². The maximum atomic E-state index is 10.8. The lowest BCUT2D eigenvalue weighted by atomic mass is 10.1. The number of hydrogen-bond donors (Lipinski definition) is 2. The molecule has 0 saturated carbocycles. The third-order valence-corrected chi connectivity index (χ3v) is 5.06. The molecule has 0 amide bonds. The Kier molecular flexibility index (Phi) is 6.97. The lowest BCUT2D eigenvalue weighted by Crippen LogP contribution is -2.42. The van der Waals surface area contributed by atoms with E-state index < -0.39 is 0 Å². The first-order chi connectivity index (χ1) is 13.7. The van der Waals surface area contributed by atoms with E-state index in [1.54, 1.807) is 19.2 Å². The monoisotopic (exact) mass is 381 g/mol. The van der Waals surface area contributed by atoms with E-state index in [-0.39, 0.29) is 10.6 Å². The Hall–Kier alpha value is -2.93. The number of aliphatic imine (C=N–C) groups is 1. The molecule has 1 aliphatic heterocycles. The van der Waals surface area contributed by atoms with Gasteiger partial charge in [-0.25, -0.2) is 0 Å². The number of nitrogens with one attached hydrogen (secondary N) is 2. The molecule has 1 atom stereocenters. The molecule has 1 saturated heterocycles. The fourth-order valence-corrected chi connectivity index (χ4v) is 3.52. The molecule has 7 nitrogen and oxygen atoms in total. The van der Waals surface area contributed by atoms with Gasteiger partial charge in [-0.2, -0.15) is 0 Å². The van der Waals surface area contributed by atoms with Crippen molar-refractivity contribution >= 4 is 11.6 Å². The molecule has 0 radical (unpaired) electrons. The van der Waals surface area contributed by atoms with E-state index >= 15 is 0 Å². The molecule has 2 aromatic rings. The van der Waals surface area contributed by atoms with E-state index in [2.05, 4.69) is 44.8 Å². The summed E-state index contributed by atoms with van der Waals surface area (Å²) in [7, 11) is 1.75. The number of rotatable bonds is 7. The highest BCUT2D eigenvalue weighted by molar-refractivity contribution is 5.79. The number of hydrogen-bond acceptors (Lipinski definition) is 4. The highest BCUT2D eigenvalue weighted by Crippen LogP contribution is 2.24. The van der Waals surface area contributed by atoms with Crippen molar-refractivity contribution in [2.24, 2.45) is 4.99 Å². The Bertz CT molecular complexity index is 786. The fourth-order valence-electron chi connectivity index (χ4n) is 3.52. The number of nitrogens with zero attached hydrogens (tertiary/aromatic N) is 3. The summed E-state index contributed by atoms with van der Waals surface area (Å²) in [5.41, 5.74) is 2.37. The second-order valence-corrected chi connectivity index (χ2v) is 6.90. The Morgan fingerprint density at radius 3 is 2.39 bits per heavy atom. The summed E-state index contributed by atoms with van der Waals surface area (Å²) in [5, 5.41) is 17.5. The third-order valence-electron chi connectivity index (χ3n) is 5.06. The number of guanidine groups is 1. The quantitative estimate of drug-likeness (QED) is 0.333. The van der Waals surface area contributed by atoms with Crippen molar-refractivity contribution in [1.29, 1.82) is 0 Å². The molecule has 0 bridgehead atoms. The van der Waals surface area contributed by atoms with Crippen LogP contribution in [0.5, 0.6) is 0 Å². The summed E-state index contributed by atoms with van der Waals surface area (Å²) < 4.78 is 0. The van der Waals surface area contributed by atoms with Gasteiger partial charge in [0.05, 0.1) is 11.0 Å². The van der Waals surface area contributed by atoms with E-state index in [4.69, 9.17) is 0 Å². The van der Waals surface area contributed by atoms with Gasteiger partial charge in [-0.15, -0.1) is 0 Å². The van der Waals surface area contributed by atoms with Gasteiger partial charge in [0.25, 0.3) is 5.69 Å². The van der Waals surface area contributed by atoms with Gasteiger partial charge >= 0.3 is 0 Å². The zero-order valence-electron chi connectivity index (χ0n) is 16.2. The maximum Gasteiger partial charge on any atom is 0.269 e. The number of nitro benzene ring substituents is 1. The van der Waals surface area contributed by atoms with Crippen molar-refractivity contribution in [3.8, 4) is 0 Å². The molecule has 0 aromatic heterocycles. The van der Waals surface area contributed by atoms with Crippen LogP contribution in [0.15, 0.2) is 59.6 Å². The second-order valence-electron chi connectivity index (χ2n) is 6.90. The van der Waals surface area contributed by atoms with Crippen molar-refractivity contribution in [1.82, 2.24) is 15.5 Å². The molecule has 1 aliphatic rings. The molecule has 28 heavy (non-hydrogen) atoms. The van der Waals surface area contributed by atoms with Gasteiger partial charge in [0, 0.05) is 32.3 Å². The van der Waals surface area contributed by atoms with Crippen LogP contribution in [0.2, 0.25) is 0 Å². The second kappa shape index (κ2) is 9.85. The van der Waals surface area contributed by atoms with Crippen molar-refractivity contribution in [3.05, 3.63) is 75.8 Å². The van der Waals surface area contributed by atoms with Gasteiger partial charge < -0.3 is 10.6 Å². The molecular formula is C21H27N5O2. The molecule has 0 spiro atoms. The molecule has 7 heteroatoms. The van der Waals surface area contributed by atoms with Gasteiger partial charge in [-0.05, 0) is 37.1 Å². The van der Waals surface area contributed by atoms with E-state index in [1.165, 1.54) is 30.5 Å². The fraction of sp³-hybridized carbons (Fsp3) is 0.381. The van der Waals surface area contributed by atoms with E-state index in [0.29, 0.717) is 12.6 Å². The standard InChI is InChI=1S/C21H27N5O2/c1-22-21(23-15-17-9-11-19(12-10-17)26(27)28)24-16-20(25-13-5-6-14-25)18-7-3-2-4-8-18/h2-4,7-12,20H,5-6,13-16H2,1H3,(H2,22,23,24). The van der Waals surface area contributed by atoms with Crippen LogP contribution in [-0.4, -0.2) is 42.5 Å². The first-order valence-electron chi connectivity index (χ1n) is 9.64. The Morgan fingerprint density at radius 2 is 1.79 bits per heavy atom. The Labute approximate surface area is 165 Å². The highest BCUT2D eigenvalue weighted by Gasteiger charge is 2.23. The van der Waals surface area contributed by atoms with Gasteiger partial charge in [0.1, 0.15) is 0 Å². The minimum atomic E-state index is -0.389. The van der Waals surface area contributed by atoms with Crippen molar-refractivity contribution in [2.75, 3.05) is 26.7 Å². The summed E-state index contributed by atoms with van der Waals surface area (Å²) in [6.45, 7) is 3.56. The average molecular weight is 381 g/mol. The zero-order chi connectivity index (χ0) is 19.8. The van der Waals surface area contributed by atoms with Gasteiger partial charge in [0.2, 0.25) is 0 Å². The van der Waals surface area contributed by atoms with Crippen LogP contribution in [0, 0.1) is 10.1 Å². The van der Waals surface area contributed by atoms with Crippen molar-refractivity contribution in [3.63, 3.8) is 0 Å². The largest absolute Gasteiger partial charge is 0.354 e. The lowest BCUT2D eigenvalue weighted by molar-refractivity contribution is -0.384. The number of benzene rings is 2. The van der Waals surface area contributed by atoms with Crippen LogP contribution in [0.1, 0.15) is 30.0 Å². The maximum absolute atomic E-state index is 10.8. The predicted octanol–water partition coefficient (Wildman–Crippen LogP) is 3.10. The van der Waals surface area contributed by atoms with E-state index in [9.17, 15) is 10.1 Å². The normalized spacial score (nSPS) is 16.0. The molecule has 2 N–H and O–H groups in total. The molecule has 2 aromatic carbocycles. The number of non-ortho nitro benzene ring substituents is 1. The SMILES string of the molecule is CN=C(NCc1ccc([N+](=O)[O-])cc1)NCC(c1ccccc1)N1CCCC1. The molecule has 1 fully saturated rings. The smallest absolute Gasteiger partial charge is 0.269 e. The Morgan fingerprint density at radius 1 is 1.11 bits per heavy atom. The van der Waals surface area contributed by atoms with E-state index in [1.807, 2.05) is 6.07 Å². The summed E-state index contributed by atoms with van der Waals surface area (Å²) in [4.78, 5) is 17.2. The van der Waals surface area contributed by atoms with Crippen LogP contribution in [-0.2, 0) is 6.54 Å². The molecule has 148 valence electrons. The molecule has 1 heterocycles. The first-order valence-corrected chi connectivity index (χ1v) is 9.64. The predicted molar refractivity (Wildman–Crippen MR) is 111 cm³/mol. The van der Waals surface area contributed by atoms with Crippen LogP contribution in [0.3, 0.4) is 0 Å². The van der Waals surface area contributed by atoms with Crippen molar-refractivity contribution < 1.29 is 4.92 Å². The van der Waals surface area contributed by atoms with Crippen molar-refractivity contribution in [2.45, 2.75) is 25.4 Å². The minimum absolute atomic E-state index is 0.0996. The summed E-state index contributed by atoms with van der Waals surface area (Å²) >= 11 is 0. The molecule has 3 rings (SSSR count).